The van der Waals surface area contributed by atoms with Crippen LogP contribution < -0.4 is 4.74 Å². The molecule has 5 rings (SSSR count). The third-order valence-corrected chi connectivity index (χ3v) is 5.33. The van der Waals surface area contributed by atoms with Gasteiger partial charge in [-0.05, 0) is 66.9 Å². The van der Waals surface area contributed by atoms with Gasteiger partial charge >= 0.3 is 0 Å². The SMILES string of the molecule is COc1ccc2c(c1)CN1CCC2(c2ccc(F)cc2)CC1. The largest absolute Gasteiger partial charge is 0.497 e. The van der Waals surface area contributed by atoms with Gasteiger partial charge in [-0.2, -0.15) is 0 Å². The molecule has 0 aromatic heterocycles. The second-order valence-electron chi connectivity index (χ2n) is 6.39. The van der Waals surface area contributed by atoms with Gasteiger partial charge in [-0.1, -0.05) is 18.2 Å². The molecule has 0 amide bonds. The van der Waals surface area contributed by atoms with E-state index in [1.807, 2.05) is 12.1 Å². The van der Waals surface area contributed by atoms with Crippen LogP contribution in [0.15, 0.2) is 42.5 Å². The quantitative estimate of drug-likeness (QED) is 0.837. The first kappa shape index (κ1) is 13.8. The first-order valence-electron chi connectivity index (χ1n) is 7.87. The number of benzene rings is 2. The van der Waals surface area contributed by atoms with Crippen molar-refractivity contribution < 1.29 is 9.13 Å². The zero-order valence-electron chi connectivity index (χ0n) is 12.8. The molecule has 0 spiro atoms. The minimum Gasteiger partial charge on any atom is -0.497 e. The van der Waals surface area contributed by atoms with E-state index in [0.29, 0.717) is 0 Å². The summed E-state index contributed by atoms with van der Waals surface area (Å²) in [5.74, 6) is 0.747. The second kappa shape index (κ2) is 5.10. The van der Waals surface area contributed by atoms with Gasteiger partial charge in [0.05, 0.1) is 7.11 Å². The van der Waals surface area contributed by atoms with Crippen LogP contribution in [-0.4, -0.2) is 25.1 Å². The summed E-state index contributed by atoms with van der Waals surface area (Å²) in [5, 5.41) is 0. The van der Waals surface area contributed by atoms with Crippen molar-refractivity contribution in [2.45, 2.75) is 24.8 Å². The van der Waals surface area contributed by atoms with Crippen molar-refractivity contribution in [3.63, 3.8) is 0 Å². The Morgan fingerprint density at radius 3 is 2.45 bits per heavy atom. The summed E-state index contributed by atoms with van der Waals surface area (Å²) in [7, 11) is 1.71. The lowest BCUT2D eigenvalue weighted by Crippen LogP contribution is -2.39. The Labute approximate surface area is 130 Å². The molecule has 3 heterocycles. The smallest absolute Gasteiger partial charge is 0.123 e. The number of hydrogen-bond acceptors (Lipinski definition) is 2. The van der Waals surface area contributed by atoms with E-state index in [-0.39, 0.29) is 11.2 Å². The van der Waals surface area contributed by atoms with Gasteiger partial charge in [-0.25, -0.2) is 4.39 Å². The number of ether oxygens (including phenoxy) is 1. The summed E-state index contributed by atoms with van der Waals surface area (Å²) in [6.07, 6.45) is 2.19. The van der Waals surface area contributed by atoms with Crippen molar-refractivity contribution in [3.05, 3.63) is 65.0 Å². The minimum absolute atomic E-state index is 0.0162. The normalized spacial score (nSPS) is 26.4. The van der Waals surface area contributed by atoms with Crippen molar-refractivity contribution >= 4 is 0 Å². The maximum Gasteiger partial charge on any atom is 0.123 e. The van der Waals surface area contributed by atoms with E-state index in [1.54, 1.807) is 19.2 Å². The highest BCUT2D eigenvalue weighted by Gasteiger charge is 2.42. The molecule has 1 fully saturated rings. The lowest BCUT2D eigenvalue weighted by atomic mass is 9.68. The van der Waals surface area contributed by atoms with Gasteiger partial charge in [0.1, 0.15) is 11.6 Å². The van der Waals surface area contributed by atoms with E-state index in [4.69, 9.17) is 4.74 Å². The molecule has 0 N–H and O–H groups in total. The number of hydrogen-bond donors (Lipinski definition) is 0. The topological polar surface area (TPSA) is 12.5 Å². The zero-order chi connectivity index (χ0) is 15.2. The standard InChI is InChI=1S/C19H20FNO/c1-22-17-6-7-18-14(12-17)13-21-10-8-19(18,9-11-21)15-2-4-16(20)5-3-15/h2-7,12H,8-11,13H2,1H3. The second-order valence-corrected chi connectivity index (χ2v) is 6.39. The van der Waals surface area contributed by atoms with Crippen LogP contribution in [0.5, 0.6) is 5.75 Å². The molecular weight excluding hydrogens is 277 g/mol. The van der Waals surface area contributed by atoms with E-state index < -0.39 is 0 Å². The van der Waals surface area contributed by atoms with Crippen molar-refractivity contribution in [1.82, 2.24) is 4.90 Å². The molecular formula is C19H20FNO. The van der Waals surface area contributed by atoms with Gasteiger partial charge in [0.25, 0.3) is 0 Å². The molecule has 3 aliphatic rings. The molecule has 0 saturated carbocycles. The van der Waals surface area contributed by atoms with Crippen molar-refractivity contribution in [3.8, 4) is 5.75 Å². The summed E-state index contributed by atoms with van der Waals surface area (Å²) in [6, 6.07) is 13.5. The van der Waals surface area contributed by atoms with Crippen molar-refractivity contribution in [1.29, 1.82) is 0 Å². The average Bonchev–Trinajstić information content (AvgIpc) is 2.81. The summed E-state index contributed by atoms with van der Waals surface area (Å²) in [6.45, 7) is 3.16. The summed E-state index contributed by atoms with van der Waals surface area (Å²) >= 11 is 0. The molecule has 0 radical (unpaired) electrons. The fourth-order valence-electron chi connectivity index (χ4n) is 4.11. The zero-order valence-corrected chi connectivity index (χ0v) is 12.8. The monoisotopic (exact) mass is 297 g/mol. The molecule has 22 heavy (non-hydrogen) atoms. The summed E-state index contributed by atoms with van der Waals surface area (Å²) in [4.78, 5) is 2.51. The Hall–Kier alpha value is -1.87. The molecule has 0 aliphatic carbocycles. The third-order valence-electron chi connectivity index (χ3n) is 5.33. The molecule has 0 atom stereocenters. The number of piperidine rings is 1. The molecule has 3 heteroatoms. The molecule has 2 nitrogen and oxygen atoms in total. The minimum atomic E-state index is -0.166. The molecule has 2 aromatic carbocycles. The fourth-order valence-corrected chi connectivity index (χ4v) is 4.11. The number of rotatable bonds is 2. The van der Waals surface area contributed by atoms with E-state index in [9.17, 15) is 4.39 Å². The first-order chi connectivity index (χ1) is 10.7. The van der Waals surface area contributed by atoms with Crippen LogP contribution in [0.1, 0.15) is 29.5 Å². The summed E-state index contributed by atoms with van der Waals surface area (Å²) in [5.41, 5.74) is 3.99. The van der Waals surface area contributed by atoms with Crippen LogP contribution in [-0.2, 0) is 12.0 Å². The maximum atomic E-state index is 13.3. The van der Waals surface area contributed by atoms with E-state index >= 15 is 0 Å². The predicted molar refractivity (Wildman–Crippen MR) is 84.7 cm³/mol. The molecule has 3 aliphatic heterocycles. The number of halogens is 1. The molecule has 114 valence electrons. The van der Waals surface area contributed by atoms with Crippen LogP contribution in [0.4, 0.5) is 4.39 Å². The predicted octanol–water partition coefficient (Wildman–Crippen LogP) is 3.73. The third kappa shape index (κ3) is 2.03. The van der Waals surface area contributed by atoms with Crippen molar-refractivity contribution in [2.24, 2.45) is 0 Å². The molecule has 2 bridgehead atoms. The Morgan fingerprint density at radius 1 is 1.05 bits per heavy atom. The lowest BCUT2D eigenvalue weighted by Gasteiger charge is -2.39. The molecule has 1 saturated heterocycles. The molecule has 2 aromatic rings. The highest BCUT2D eigenvalue weighted by atomic mass is 19.1. The van der Waals surface area contributed by atoms with Crippen molar-refractivity contribution in [2.75, 3.05) is 20.2 Å². The van der Waals surface area contributed by atoms with Crippen LogP contribution in [0.2, 0.25) is 0 Å². The van der Waals surface area contributed by atoms with Gasteiger partial charge < -0.3 is 4.74 Å². The Bertz CT molecular complexity index is 687. The first-order valence-corrected chi connectivity index (χ1v) is 7.87. The van der Waals surface area contributed by atoms with Gasteiger partial charge in [-0.15, -0.1) is 0 Å². The summed E-state index contributed by atoms with van der Waals surface area (Å²) < 4.78 is 18.7. The highest BCUT2D eigenvalue weighted by Crippen LogP contribution is 2.46. The Balaban J connectivity index is 1.90. The van der Waals surface area contributed by atoms with Gasteiger partial charge in [-0.3, -0.25) is 4.90 Å². The Morgan fingerprint density at radius 2 is 1.77 bits per heavy atom. The van der Waals surface area contributed by atoms with Crippen LogP contribution >= 0.6 is 0 Å². The average molecular weight is 297 g/mol. The van der Waals surface area contributed by atoms with Gasteiger partial charge in [0.15, 0.2) is 0 Å². The Kier molecular flexibility index (Phi) is 3.19. The van der Waals surface area contributed by atoms with E-state index in [0.717, 1.165) is 38.2 Å². The number of methoxy groups -OCH3 is 1. The lowest BCUT2D eigenvalue weighted by molar-refractivity contribution is 0.190. The maximum absolute atomic E-state index is 13.3. The number of nitrogens with zero attached hydrogens (tertiary/aromatic N) is 1. The van der Waals surface area contributed by atoms with Crippen LogP contribution in [0.25, 0.3) is 0 Å². The van der Waals surface area contributed by atoms with E-state index in [1.165, 1.54) is 16.7 Å². The van der Waals surface area contributed by atoms with E-state index in [2.05, 4.69) is 23.1 Å². The highest BCUT2D eigenvalue weighted by molar-refractivity contribution is 5.48. The van der Waals surface area contributed by atoms with Gasteiger partial charge in [0, 0.05) is 12.0 Å². The van der Waals surface area contributed by atoms with Gasteiger partial charge in [0.2, 0.25) is 0 Å². The van der Waals surface area contributed by atoms with Crippen LogP contribution in [0, 0.1) is 5.82 Å². The van der Waals surface area contributed by atoms with Crippen LogP contribution in [0.3, 0.4) is 0 Å². The fraction of sp³-hybridized carbons (Fsp3) is 0.368. The molecule has 0 unspecified atom stereocenters. The number of fused-ring (bicyclic) bond motifs is 2.